The maximum Gasteiger partial charge on any atom is 0.331 e. The predicted molar refractivity (Wildman–Crippen MR) is 135 cm³/mol. The molecule has 0 amide bonds. The molecule has 0 unspecified atom stereocenters. The normalized spacial score (nSPS) is 55.2. The van der Waals surface area contributed by atoms with E-state index in [-0.39, 0.29) is 42.4 Å². The SMILES string of the molecule is C[C@H]1O[C@@H](O[C@H]2CC[C@@]3(C=O)[C@H](CC[C@@H]4[C@@H]3C[C@@H](O)[C@]3(C)[C@@H](C5=CC(=O)OC5)CC[C@]43O)C2)[C@H](O)[C@H](O)[C@@H]1O. The second-order valence-electron chi connectivity index (χ2n) is 13.3. The van der Waals surface area contributed by atoms with E-state index in [1.54, 1.807) is 6.92 Å². The van der Waals surface area contributed by atoms with Crippen LogP contribution in [-0.4, -0.2) is 92.9 Å². The van der Waals surface area contributed by atoms with Gasteiger partial charge >= 0.3 is 5.97 Å². The summed E-state index contributed by atoms with van der Waals surface area (Å²) >= 11 is 0. The van der Waals surface area contributed by atoms with Crippen molar-refractivity contribution in [2.45, 2.75) is 114 Å². The smallest absolute Gasteiger partial charge is 0.331 e. The fourth-order valence-corrected chi connectivity index (χ4v) is 9.72. The average molecular weight is 551 g/mol. The van der Waals surface area contributed by atoms with Gasteiger partial charge in [-0.1, -0.05) is 6.92 Å². The molecule has 10 nitrogen and oxygen atoms in total. The van der Waals surface area contributed by atoms with Crippen molar-refractivity contribution in [2.75, 3.05) is 6.61 Å². The van der Waals surface area contributed by atoms with E-state index < -0.39 is 53.2 Å². The number of aliphatic hydroxyl groups excluding tert-OH is 4. The zero-order valence-corrected chi connectivity index (χ0v) is 22.6. The molecule has 10 heteroatoms. The summed E-state index contributed by atoms with van der Waals surface area (Å²) in [4.78, 5) is 24.7. The number of carbonyl (C=O) groups excluding carboxylic acids is 2. The molecule has 0 aromatic rings. The quantitative estimate of drug-likeness (QED) is 0.190. The maximum absolute atomic E-state index is 12.9. The molecule has 6 aliphatic rings. The Labute approximate surface area is 228 Å². The van der Waals surface area contributed by atoms with Gasteiger partial charge in [0.2, 0.25) is 0 Å². The Morgan fingerprint density at radius 1 is 1.00 bits per heavy atom. The molecule has 6 rings (SSSR count). The molecule has 1 saturated heterocycles. The number of carbonyl (C=O) groups is 2. The molecule has 0 spiro atoms. The molecular formula is C29H42O10. The van der Waals surface area contributed by atoms with Gasteiger partial charge in [-0.05, 0) is 87.5 Å². The third kappa shape index (κ3) is 3.86. The van der Waals surface area contributed by atoms with Crippen LogP contribution in [0, 0.1) is 34.5 Å². The van der Waals surface area contributed by atoms with Crippen molar-refractivity contribution in [2.24, 2.45) is 34.5 Å². The van der Waals surface area contributed by atoms with Crippen molar-refractivity contribution in [3.8, 4) is 0 Å². The Morgan fingerprint density at radius 2 is 1.77 bits per heavy atom. The molecule has 4 aliphatic carbocycles. The van der Waals surface area contributed by atoms with Gasteiger partial charge in [-0.2, -0.15) is 0 Å². The van der Waals surface area contributed by atoms with Crippen molar-refractivity contribution in [1.82, 2.24) is 0 Å². The molecule has 5 N–H and O–H groups in total. The molecule has 4 saturated carbocycles. The lowest BCUT2D eigenvalue weighted by Gasteiger charge is -2.64. The lowest BCUT2D eigenvalue weighted by atomic mass is 9.42. The molecule has 218 valence electrons. The largest absolute Gasteiger partial charge is 0.458 e. The Hall–Kier alpha value is -1.40. The van der Waals surface area contributed by atoms with Crippen molar-refractivity contribution in [3.05, 3.63) is 11.6 Å². The van der Waals surface area contributed by atoms with Gasteiger partial charge in [0.15, 0.2) is 6.29 Å². The summed E-state index contributed by atoms with van der Waals surface area (Å²) in [5.74, 6) is -0.862. The van der Waals surface area contributed by atoms with E-state index in [9.17, 15) is 35.1 Å². The highest BCUT2D eigenvalue weighted by atomic mass is 16.7. The summed E-state index contributed by atoms with van der Waals surface area (Å²) in [7, 11) is 0. The molecular weight excluding hydrogens is 508 g/mol. The zero-order valence-electron chi connectivity index (χ0n) is 22.6. The van der Waals surface area contributed by atoms with Gasteiger partial charge in [-0.3, -0.25) is 0 Å². The van der Waals surface area contributed by atoms with E-state index in [1.807, 2.05) is 6.92 Å². The highest BCUT2D eigenvalue weighted by molar-refractivity contribution is 5.85. The number of rotatable bonds is 4. The van der Waals surface area contributed by atoms with Crippen LogP contribution >= 0.6 is 0 Å². The number of esters is 1. The van der Waals surface area contributed by atoms with E-state index in [1.165, 1.54) is 6.08 Å². The highest BCUT2D eigenvalue weighted by Crippen LogP contribution is 2.69. The van der Waals surface area contributed by atoms with Crippen molar-refractivity contribution in [3.63, 3.8) is 0 Å². The summed E-state index contributed by atoms with van der Waals surface area (Å²) in [5.41, 5.74) is -1.85. The predicted octanol–water partition coefficient (Wildman–Crippen LogP) is 0.606. The van der Waals surface area contributed by atoms with Crippen LogP contribution in [0.2, 0.25) is 0 Å². The van der Waals surface area contributed by atoms with Gasteiger partial charge in [0.05, 0.1) is 23.9 Å². The first kappa shape index (κ1) is 27.8. The van der Waals surface area contributed by atoms with Crippen LogP contribution in [0.3, 0.4) is 0 Å². The van der Waals surface area contributed by atoms with Gasteiger partial charge in [-0.25, -0.2) is 4.79 Å². The first-order valence-corrected chi connectivity index (χ1v) is 14.6. The molecule has 0 bridgehead atoms. The van der Waals surface area contributed by atoms with Gasteiger partial charge in [0, 0.05) is 16.9 Å². The van der Waals surface area contributed by atoms with Gasteiger partial charge in [0.25, 0.3) is 0 Å². The average Bonchev–Trinajstić information content (AvgIpc) is 3.47. The fourth-order valence-electron chi connectivity index (χ4n) is 9.72. The number of aliphatic hydroxyl groups is 5. The van der Waals surface area contributed by atoms with E-state index in [2.05, 4.69) is 0 Å². The minimum atomic E-state index is -1.38. The van der Waals surface area contributed by atoms with Crippen LogP contribution in [-0.2, 0) is 23.8 Å². The summed E-state index contributed by atoms with van der Waals surface area (Å²) < 4.78 is 16.9. The van der Waals surface area contributed by atoms with E-state index >= 15 is 0 Å². The number of ether oxygens (including phenoxy) is 3. The summed E-state index contributed by atoms with van der Waals surface area (Å²) in [5, 5.41) is 54.6. The maximum atomic E-state index is 12.9. The molecule has 2 heterocycles. The highest BCUT2D eigenvalue weighted by Gasteiger charge is 2.71. The Kier molecular flexibility index (Phi) is 6.81. The van der Waals surface area contributed by atoms with E-state index in [0.717, 1.165) is 24.7 Å². The number of cyclic esters (lactones) is 1. The molecule has 5 fully saturated rings. The lowest BCUT2D eigenvalue weighted by molar-refractivity contribution is -0.310. The number of fused-ring (bicyclic) bond motifs is 5. The second kappa shape index (κ2) is 9.58. The Morgan fingerprint density at radius 3 is 2.46 bits per heavy atom. The zero-order chi connectivity index (χ0) is 27.9. The van der Waals surface area contributed by atoms with Crippen LogP contribution in [0.15, 0.2) is 11.6 Å². The fraction of sp³-hybridized carbons (Fsp3) is 0.862. The van der Waals surface area contributed by atoms with Crippen LogP contribution in [0.5, 0.6) is 0 Å². The van der Waals surface area contributed by atoms with E-state index in [4.69, 9.17) is 14.2 Å². The van der Waals surface area contributed by atoms with Gasteiger partial charge in [0.1, 0.15) is 31.2 Å². The summed E-state index contributed by atoms with van der Waals surface area (Å²) in [6.45, 7) is 3.76. The van der Waals surface area contributed by atoms with Crippen molar-refractivity contribution >= 4 is 12.3 Å². The molecule has 39 heavy (non-hydrogen) atoms. The molecule has 2 aliphatic heterocycles. The Bertz CT molecular complexity index is 1030. The summed E-state index contributed by atoms with van der Waals surface area (Å²) in [6, 6.07) is 0. The molecule has 0 aromatic heterocycles. The van der Waals surface area contributed by atoms with Crippen LogP contribution in [0.4, 0.5) is 0 Å². The first-order valence-electron chi connectivity index (χ1n) is 14.6. The third-order valence-corrected chi connectivity index (χ3v) is 11.9. The van der Waals surface area contributed by atoms with E-state index in [0.29, 0.717) is 38.5 Å². The van der Waals surface area contributed by atoms with Gasteiger partial charge in [-0.15, -0.1) is 0 Å². The minimum Gasteiger partial charge on any atom is -0.458 e. The topological polar surface area (TPSA) is 163 Å². The van der Waals surface area contributed by atoms with Crippen LogP contribution in [0.1, 0.15) is 65.2 Å². The molecule has 0 radical (unpaired) electrons. The summed E-state index contributed by atoms with van der Waals surface area (Å²) in [6.07, 6.45) is 0.412. The van der Waals surface area contributed by atoms with Gasteiger partial charge < -0.3 is 44.5 Å². The first-order chi connectivity index (χ1) is 18.5. The number of hydrogen-bond donors (Lipinski definition) is 5. The third-order valence-electron chi connectivity index (χ3n) is 11.9. The number of hydrogen-bond acceptors (Lipinski definition) is 10. The minimum absolute atomic E-state index is 0.00964. The Balaban J connectivity index is 1.22. The van der Waals surface area contributed by atoms with Crippen molar-refractivity contribution in [1.29, 1.82) is 0 Å². The second-order valence-corrected chi connectivity index (χ2v) is 13.3. The standard InChI is InChI=1S/C29H42O10/c1-14-23(33)24(34)25(35)26(38-14)39-17-5-7-28(13-30)16(10-17)3-4-19-20(28)11-21(31)27(2)18(6-8-29(19,27)36)15-9-22(32)37-12-15/h9,13-14,16-21,23-26,31,33-36H,3-8,10-12H2,1-2H3/t14-,16-,17+,18-,19-,20+,21-,23-,24-,25-,26+,27+,28-,29+/m1/s1. The van der Waals surface area contributed by atoms with Crippen molar-refractivity contribution < 1.29 is 49.3 Å². The number of aldehydes is 1. The van der Waals surface area contributed by atoms with Crippen LogP contribution in [0.25, 0.3) is 0 Å². The monoisotopic (exact) mass is 550 g/mol. The molecule has 14 atom stereocenters. The van der Waals surface area contributed by atoms with Crippen LogP contribution < -0.4 is 0 Å². The lowest BCUT2D eigenvalue weighted by Crippen LogP contribution is -2.67. The molecule has 0 aromatic carbocycles.